The zero-order valence-corrected chi connectivity index (χ0v) is 28.5. The van der Waals surface area contributed by atoms with E-state index in [1.165, 1.54) is 16.8 Å². The topological polar surface area (TPSA) is 154 Å². The summed E-state index contributed by atoms with van der Waals surface area (Å²) in [4.78, 5) is 54.5. The minimum Gasteiger partial charge on any atom is -0.497 e. The van der Waals surface area contributed by atoms with E-state index in [-0.39, 0.29) is 30.1 Å². The van der Waals surface area contributed by atoms with Gasteiger partial charge in [0.15, 0.2) is 11.6 Å². The molecule has 0 saturated heterocycles. The molecule has 0 bridgehead atoms. The van der Waals surface area contributed by atoms with Crippen molar-refractivity contribution in [2.24, 2.45) is 0 Å². The number of nitrogens with zero attached hydrogens (tertiary/aromatic N) is 4. The maximum atomic E-state index is 15.3. The number of nitrogens with one attached hydrogen (secondary N) is 1. The number of hydrogen-bond acceptors (Lipinski definition) is 9. The van der Waals surface area contributed by atoms with E-state index in [4.69, 9.17) is 24.1 Å². The third kappa shape index (κ3) is 9.11. The summed E-state index contributed by atoms with van der Waals surface area (Å²) in [6.45, 7) is 4.64. The molecule has 5 aromatic rings. The van der Waals surface area contributed by atoms with Crippen molar-refractivity contribution >= 4 is 34.4 Å². The van der Waals surface area contributed by atoms with Gasteiger partial charge in [-0.2, -0.15) is 0 Å². The van der Waals surface area contributed by atoms with Crippen molar-refractivity contribution in [1.82, 2.24) is 19.2 Å². The molecule has 13 nitrogen and oxygen atoms in total. The van der Waals surface area contributed by atoms with Crippen LogP contribution in [0.2, 0.25) is 0 Å². The number of ether oxygens (including phenoxy) is 3. The number of benzene rings is 3. The summed E-state index contributed by atoms with van der Waals surface area (Å²) in [6.07, 6.45) is 0.944. The second kappa shape index (κ2) is 16.4. The van der Waals surface area contributed by atoms with E-state index in [1.54, 1.807) is 99.4 Å². The van der Waals surface area contributed by atoms with E-state index < -0.39 is 35.3 Å². The molecule has 0 unspecified atom stereocenters. The summed E-state index contributed by atoms with van der Waals surface area (Å²) in [7, 11) is 5.07. The standard InChI is InChI=1S/C34H34FN5O6.C2H4O2/c1-21(45-31(41)20-38(3)4)19-39-22(2)32(34(43)40(39)24-9-7-6-8-10-24)33(42)37-23-11-14-30(27(35)17-23)46-29-15-16-36-28-18-25(44-5)12-13-26(28)29;1-2(3)4/h6-18,21H,19-20H2,1-5H3,(H,37,42);1H3,(H,3,4)/t21-;/m1./s1. The van der Waals surface area contributed by atoms with Crippen LogP contribution in [0.15, 0.2) is 83.8 Å². The number of carbonyl (C=O) groups excluding carboxylic acids is 2. The number of pyridine rings is 1. The van der Waals surface area contributed by atoms with E-state index in [2.05, 4.69) is 10.3 Å². The average Bonchev–Trinajstić information content (AvgIpc) is 3.29. The lowest BCUT2D eigenvalue weighted by Gasteiger charge is -2.19. The molecule has 0 saturated carbocycles. The zero-order chi connectivity index (χ0) is 36.5. The molecule has 0 spiro atoms. The number of para-hydroxylation sites is 1. The summed E-state index contributed by atoms with van der Waals surface area (Å²) in [6, 6.07) is 19.7. The molecule has 50 heavy (non-hydrogen) atoms. The van der Waals surface area contributed by atoms with Crippen molar-refractivity contribution in [1.29, 1.82) is 0 Å². The maximum Gasteiger partial charge on any atom is 0.320 e. The van der Waals surface area contributed by atoms with Crippen molar-refractivity contribution in [2.45, 2.75) is 33.4 Å². The van der Waals surface area contributed by atoms with Gasteiger partial charge in [-0.1, -0.05) is 18.2 Å². The molecule has 5 rings (SSSR count). The molecule has 0 aliphatic carbocycles. The van der Waals surface area contributed by atoms with Gasteiger partial charge in [0.05, 0.1) is 37.1 Å². The summed E-state index contributed by atoms with van der Waals surface area (Å²) >= 11 is 0. The first-order valence-electron chi connectivity index (χ1n) is 15.4. The SMILES string of the molecule is CC(=O)O.COc1ccc2c(Oc3ccc(NC(=O)c4c(C)n(C[C@@H](C)OC(=O)CN(C)C)n(-c5ccccc5)c4=O)cc3F)ccnc2c1. The number of carbonyl (C=O) groups is 3. The number of amides is 1. The first kappa shape index (κ1) is 36.8. The Morgan fingerprint density at radius 1 is 1.02 bits per heavy atom. The van der Waals surface area contributed by atoms with Gasteiger partial charge in [-0.25, -0.2) is 9.07 Å². The highest BCUT2D eigenvalue weighted by Crippen LogP contribution is 2.33. The number of carboxylic acids is 1. The minimum absolute atomic E-state index is 0.0621. The molecule has 0 aliphatic rings. The van der Waals surface area contributed by atoms with Crippen LogP contribution < -0.4 is 20.3 Å². The Labute approximate surface area is 287 Å². The van der Waals surface area contributed by atoms with Crippen LogP contribution in [-0.2, 0) is 20.9 Å². The lowest BCUT2D eigenvalue weighted by Crippen LogP contribution is -2.31. The van der Waals surface area contributed by atoms with Gasteiger partial charge < -0.3 is 24.6 Å². The highest BCUT2D eigenvalue weighted by atomic mass is 19.1. The van der Waals surface area contributed by atoms with Crippen LogP contribution in [0.1, 0.15) is 29.9 Å². The van der Waals surface area contributed by atoms with Crippen LogP contribution in [0.4, 0.5) is 10.1 Å². The van der Waals surface area contributed by atoms with Crippen LogP contribution in [0.3, 0.4) is 0 Å². The minimum atomic E-state index is -0.833. The summed E-state index contributed by atoms with van der Waals surface area (Å²) in [5.41, 5.74) is 0.915. The van der Waals surface area contributed by atoms with E-state index in [0.717, 1.165) is 13.0 Å². The molecule has 262 valence electrons. The predicted molar refractivity (Wildman–Crippen MR) is 185 cm³/mol. The van der Waals surface area contributed by atoms with Gasteiger partial charge in [0.1, 0.15) is 23.2 Å². The first-order valence-corrected chi connectivity index (χ1v) is 15.4. The maximum absolute atomic E-state index is 15.3. The normalized spacial score (nSPS) is 11.4. The molecule has 1 atom stereocenters. The Hall–Kier alpha value is -6.02. The fourth-order valence-corrected chi connectivity index (χ4v) is 5.05. The average molecular weight is 688 g/mol. The Morgan fingerprint density at radius 3 is 2.36 bits per heavy atom. The lowest BCUT2D eigenvalue weighted by atomic mass is 10.2. The fourth-order valence-electron chi connectivity index (χ4n) is 5.05. The Bertz CT molecular complexity index is 2060. The summed E-state index contributed by atoms with van der Waals surface area (Å²) < 4.78 is 34.9. The van der Waals surface area contributed by atoms with Crippen LogP contribution in [0, 0.1) is 12.7 Å². The molecule has 1 amide bonds. The lowest BCUT2D eigenvalue weighted by molar-refractivity contribution is -0.149. The third-order valence-electron chi connectivity index (χ3n) is 7.15. The molecule has 2 N–H and O–H groups in total. The van der Waals surface area contributed by atoms with E-state index in [1.807, 2.05) is 6.07 Å². The number of anilines is 1. The fraction of sp³-hybridized carbons (Fsp3) is 0.250. The van der Waals surface area contributed by atoms with Gasteiger partial charge in [-0.3, -0.25) is 33.7 Å². The molecule has 14 heteroatoms. The molecule has 2 aromatic heterocycles. The summed E-state index contributed by atoms with van der Waals surface area (Å²) in [5.74, 6) is -1.73. The molecule has 0 aliphatic heterocycles. The number of rotatable bonds is 11. The van der Waals surface area contributed by atoms with Crippen molar-refractivity contribution in [2.75, 3.05) is 33.1 Å². The number of aliphatic carboxylic acids is 1. The molecule has 0 radical (unpaired) electrons. The Balaban J connectivity index is 0.00000133. The van der Waals surface area contributed by atoms with Crippen LogP contribution in [0.5, 0.6) is 17.2 Å². The smallest absolute Gasteiger partial charge is 0.320 e. The molecular weight excluding hydrogens is 649 g/mol. The van der Waals surface area contributed by atoms with Gasteiger partial charge in [0, 0.05) is 36.3 Å². The van der Waals surface area contributed by atoms with E-state index in [9.17, 15) is 14.4 Å². The van der Waals surface area contributed by atoms with Gasteiger partial charge in [0.2, 0.25) is 0 Å². The highest BCUT2D eigenvalue weighted by molar-refractivity contribution is 6.05. The molecule has 0 fully saturated rings. The van der Waals surface area contributed by atoms with Crippen molar-refractivity contribution < 1.29 is 38.1 Å². The van der Waals surface area contributed by atoms with Gasteiger partial charge in [-0.05, 0) is 70.4 Å². The third-order valence-corrected chi connectivity index (χ3v) is 7.15. The highest BCUT2D eigenvalue weighted by Gasteiger charge is 2.26. The molecule has 2 heterocycles. The van der Waals surface area contributed by atoms with Gasteiger partial charge in [-0.15, -0.1) is 0 Å². The largest absolute Gasteiger partial charge is 0.497 e. The number of carboxylic acid groups (broad SMARTS) is 1. The number of likely N-dealkylation sites (N-methyl/N-ethyl adjacent to an activating group) is 1. The first-order chi connectivity index (χ1) is 23.8. The van der Waals surface area contributed by atoms with Gasteiger partial charge in [0.25, 0.3) is 17.4 Å². The second-order valence-corrected chi connectivity index (χ2v) is 11.4. The number of fused-ring (bicyclic) bond motifs is 1. The predicted octanol–water partition coefficient (Wildman–Crippen LogP) is 5.27. The number of aromatic nitrogens is 3. The number of methoxy groups -OCH3 is 1. The van der Waals surface area contributed by atoms with Crippen LogP contribution >= 0.6 is 0 Å². The van der Waals surface area contributed by atoms with Crippen molar-refractivity contribution in [3.8, 4) is 22.9 Å². The van der Waals surface area contributed by atoms with Crippen molar-refractivity contribution in [3.63, 3.8) is 0 Å². The van der Waals surface area contributed by atoms with Crippen molar-refractivity contribution in [3.05, 3.63) is 106 Å². The zero-order valence-electron chi connectivity index (χ0n) is 28.5. The number of esters is 1. The molecular formula is C36H38FN5O8. The number of hydrogen-bond donors (Lipinski definition) is 2. The van der Waals surface area contributed by atoms with Gasteiger partial charge >= 0.3 is 5.97 Å². The quantitative estimate of drug-likeness (QED) is 0.176. The molecule has 3 aromatic carbocycles. The van der Waals surface area contributed by atoms with Crippen LogP contribution in [0.25, 0.3) is 16.6 Å². The van der Waals surface area contributed by atoms with E-state index >= 15 is 4.39 Å². The Morgan fingerprint density at radius 2 is 1.72 bits per heavy atom. The van der Waals surface area contributed by atoms with Crippen LogP contribution in [-0.4, -0.2) is 76.1 Å². The monoisotopic (exact) mass is 687 g/mol. The Kier molecular flexibility index (Phi) is 12.1. The summed E-state index contributed by atoms with van der Waals surface area (Å²) in [5, 5.41) is 10.7. The van der Waals surface area contributed by atoms with E-state index in [0.29, 0.717) is 33.8 Å². The second-order valence-electron chi connectivity index (χ2n) is 11.4. The number of halogens is 1.